The van der Waals surface area contributed by atoms with Gasteiger partial charge in [-0.2, -0.15) is 0 Å². The first-order valence-corrected chi connectivity index (χ1v) is 7.60. The van der Waals surface area contributed by atoms with Gasteiger partial charge in [0.2, 0.25) is 0 Å². The van der Waals surface area contributed by atoms with Crippen molar-refractivity contribution in [3.8, 4) is 11.5 Å². The summed E-state index contributed by atoms with van der Waals surface area (Å²) in [7, 11) is 0. The summed E-state index contributed by atoms with van der Waals surface area (Å²) in [4.78, 5) is 28.5. The van der Waals surface area contributed by atoms with E-state index in [2.05, 4.69) is 10.3 Å². The minimum Gasteiger partial charge on any atom is -0.454 e. The third-order valence-corrected chi connectivity index (χ3v) is 3.68. The average Bonchev–Trinajstić information content (AvgIpc) is 3.12. The molecule has 1 aliphatic rings. The third-order valence-electron chi connectivity index (χ3n) is 3.68. The van der Waals surface area contributed by atoms with Crippen molar-refractivity contribution in [3.63, 3.8) is 0 Å². The van der Waals surface area contributed by atoms with Crippen LogP contribution < -0.4 is 10.1 Å². The molecule has 2 amide bonds. The molecule has 0 unspecified atom stereocenters. The lowest BCUT2D eigenvalue weighted by Gasteiger charge is -2.16. The Bertz CT molecular complexity index is 760. The quantitative estimate of drug-likeness (QED) is 0.872. The molecule has 124 valence electrons. The largest absolute Gasteiger partial charge is 0.454 e. The zero-order valence-corrected chi connectivity index (χ0v) is 12.9. The number of halogens is 1. The lowest BCUT2D eigenvalue weighted by molar-refractivity contribution is 0.112. The fraction of sp³-hybridized carbons (Fsp3) is 0.235. The van der Waals surface area contributed by atoms with E-state index in [1.165, 1.54) is 24.4 Å². The summed E-state index contributed by atoms with van der Waals surface area (Å²) >= 11 is 0. The number of aromatic nitrogens is 1. The Labute approximate surface area is 138 Å². The molecule has 2 aromatic rings. The molecular formula is C17H16FN3O3. The fourth-order valence-electron chi connectivity index (χ4n) is 2.45. The number of likely N-dealkylation sites (tertiary alicyclic amines) is 1. The zero-order chi connectivity index (χ0) is 16.9. The number of pyridine rings is 1. The first kappa shape index (κ1) is 15.9. The highest BCUT2D eigenvalue weighted by molar-refractivity contribution is 5.88. The fourth-order valence-corrected chi connectivity index (χ4v) is 2.45. The molecular weight excluding hydrogens is 313 g/mol. The van der Waals surface area contributed by atoms with Crippen molar-refractivity contribution >= 4 is 18.1 Å². The molecule has 6 nitrogen and oxygen atoms in total. The highest BCUT2D eigenvalue weighted by Crippen LogP contribution is 2.26. The van der Waals surface area contributed by atoms with E-state index in [1.54, 1.807) is 11.0 Å². The van der Waals surface area contributed by atoms with Crippen LogP contribution in [0.5, 0.6) is 11.5 Å². The summed E-state index contributed by atoms with van der Waals surface area (Å²) in [5, 5.41) is 2.70. The van der Waals surface area contributed by atoms with Crippen LogP contribution in [0.4, 0.5) is 15.0 Å². The molecule has 0 atom stereocenters. The summed E-state index contributed by atoms with van der Waals surface area (Å²) < 4.78 is 19.3. The van der Waals surface area contributed by atoms with E-state index < -0.39 is 5.82 Å². The van der Waals surface area contributed by atoms with Crippen molar-refractivity contribution in [2.24, 2.45) is 0 Å². The molecule has 0 aliphatic carbocycles. The smallest absolute Gasteiger partial charge is 0.323 e. The Morgan fingerprint density at radius 1 is 1.25 bits per heavy atom. The number of hydrogen-bond donors (Lipinski definition) is 1. The van der Waals surface area contributed by atoms with Gasteiger partial charge < -0.3 is 9.64 Å². The third kappa shape index (κ3) is 3.68. The number of anilines is 1. The second-order valence-electron chi connectivity index (χ2n) is 5.41. The van der Waals surface area contributed by atoms with Crippen LogP contribution in [-0.4, -0.2) is 35.3 Å². The van der Waals surface area contributed by atoms with Crippen molar-refractivity contribution in [1.29, 1.82) is 0 Å². The van der Waals surface area contributed by atoms with Gasteiger partial charge in [-0.25, -0.2) is 14.2 Å². The predicted molar refractivity (Wildman–Crippen MR) is 85.9 cm³/mol. The number of urea groups is 1. The minimum absolute atomic E-state index is 0.0105. The number of carbonyl (C=O) groups excluding carboxylic acids is 2. The predicted octanol–water partition coefficient (Wildman–Crippen LogP) is 3.45. The molecule has 1 N–H and O–H groups in total. The number of benzene rings is 1. The van der Waals surface area contributed by atoms with Crippen LogP contribution in [0.25, 0.3) is 0 Å². The molecule has 3 rings (SSSR count). The van der Waals surface area contributed by atoms with Gasteiger partial charge in [0.05, 0.1) is 0 Å². The summed E-state index contributed by atoms with van der Waals surface area (Å²) in [5.41, 5.74) is 0.230. The van der Waals surface area contributed by atoms with Crippen LogP contribution in [0.1, 0.15) is 23.2 Å². The molecule has 1 saturated heterocycles. The van der Waals surface area contributed by atoms with Gasteiger partial charge in [0.25, 0.3) is 0 Å². The standard InChI is InChI=1S/C17H16FN3O3/c18-14-9-12(11-22)3-4-15(14)24-13-5-6-19-16(10-13)20-17(23)21-7-1-2-8-21/h3-6,9-11H,1-2,7-8H2,(H,19,20,23). The number of nitrogens with one attached hydrogen (secondary N) is 1. The van der Waals surface area contributed by atoms with E-state index in [0.29, 0.717) is 17.9 Å². The van der Waals surface area contributed by atoms with Gasteiger partial charge in [-0.15, -0.1) is 0 Å². The molecule has 1 aromatic heterocycles. The summed E-state index contributed by atoms with van der Waals surface area (Å²) in [6.07, 6.45) is 4.03. The Balaban J connectivity index is 1.71. The van der Waals surface area contributed by atoms with Gasteiger partial charge in [-0.05, 0) is 37.1 Å². The van der Waals surface area contributed by atoms with E-state index in [-0.39, 0.29) is 17.3 Å². The van der Waals surface area contributed by atoms with Crippen molar-refractivity contribution in [2.75, 3.05) is 18.4 Å². The van der Waals surface area contributed by atoms with Crippen molar-refractivity contribution in [1.82, 2.24) is 9.88 Å². The number of nitrogens with zero attached hydrogens (tertiary/aromatic N) is 2. The Morgan fingerprint density at radius 2 is 2.04 bits per heavy atom. The van der Waals surface area contributed by atoms with Crippen LogP contribution >= 0.6 is 0 Å². The number of rotatable bonds is 4. The highest BCUT2D eigenvalue weighted by atomic mass is 19.1. The van der Waals surface area contributed by atoms with Crippen molar-refractivity contribution in [3.05, 3.63) is 47.9 Å². The summed E-state index contributed by atoms with van der Waals surface area (Å²) in [6, 6.07) is 6.79. The monoisotopic (exact) mass is 329 g/mol. The molecule has 0 saturated carbocycles. The molecule has 1 aliphatic heterocycles. The van der Waals surface area contributed by atoms with Crippen LogP contribution in [-0.2, 0) is 0 Å². The van der Waals surface area contributed by atoms with E-state index in [0.717, 1.165) is 32.0 Å². The van der Waals surface area contributed by atoms with E-state index in [1.807, 2.05) is 0 Å². The SMILES string of the molecule is O=Cc1ccc(Oc2ccnc(NC(=O)N3CCCC3)c2)c(F)c1. The molecule has 7 heteroatoms. The van der Waals surface area contributed by atoms with Gasteiger partial charge >= 0.3 is 6.03 Å². The lowest BCUT2D eigenvalue weighted by Crippen LogP contribution is -2.32. The van der Waals surface area contributed by atoms with Crippen molar-refractivity contribution < 1.29 is 18.7 Å². The normalized spacial score (nSPS) is 13.6. The van der Waals surface area contributed by atoms with E-state index in [4.69, 9.17) is 4.74 Å². The Morgan fingerprint density at radius 3 is 2.75 bits per heavy atom. The summed E-state index contributed by atoms with van der Waals surface area (Å²) in [6.45, 7) is 1.46. The molecule has 0 radical (unpaired) electrons. The second kappa shape index (κ2) is 7.08. The van der Waals surface area contributed by atoms with Gasteiger partial charge in [0.15, 0.2) is 11.6 Å². The van der Waals surface area contributed by atoms with Crippen LogP contribution in [0.15, 0.2) is 36.5 Å². The maximum absolute atomic E-state index is 13.9. The summed E-state index contributed by atoms with van der Waals surface area (Å²) in [5.74, 6) is 0.0106. The Kier molecular flexibility index (Phi) is 4.69. The average molecular weight is 329 g/mol. The van der Waals surface area contributed by atoms with Gasteiger partial charge in [-0.3, -0.25) is 10.1 Å². The zero-order valence-electron chi connectivity index (χ0n) is 12.9. The molecule has 24 heavy (non-hydrogen) atoms. The highest BCUT2D eigenvalue weighted by Gasteiger charge is 2.18. The maximum atomic E-state index is 13.9. The van der Waals surface area contributed by atoms with Gasteiger partial charge in [0.1, 0.15) is 17.9 Å². The van der Waals surface area contributed by atoms with E-state index >= 15 is 0 Å². The number of hydrogen-bond acceptors (Lipinski definition) is 4. The van der Waals surface area contributed by atoms with E-state index in [9.17, 15) is 14.0 Å². The molecule has 0 bridgehead atoms. The topological polar surface area (TPSA) is 71.5 Å². The van der Waals surface area contributed by atoms with Crippen LogP contribution in [0, 0.1) is 5.82 Å². The van der Waals surface area contributed by atoms with Crippen molar-refractivity contribution in [2.45, 2.75) is 12.8 Å². The Hall–Kier alpha value is -2.96. The van der Waals surface area contributed by atoms with Gasteiger partial charge in [-0.1, -0.05) is 0 Å². The first-order chi connectivity index (χ1) is 11.7. The molecule has 1 aromatic carbocycles. The second-order valence-corrected chi connectivity index (χ2v) is 5.41. The first-order valence-electron chi connectivity index (χ1n) is 7.60. The number of ether oxygens (including phenoxy) is 1. The molecule has 1 fully saturated rings. The maximum Gasteiger partial charge on any atom is 0.323 e. The number of carbonyl (C=O) groups is 2. The minimum atomic E-state index is -0.640. The lowest BCUT2D eigenvalue weighted by atomic mass is 10.2. The van der Waals surface area contributed by atoms with Crippen LogP contribution in [0.2, 0.25) is 0 Å². The number of amides is 2. The molecule has 2 heterocycles. The van der Waals surface area contributed by atoms with Gasteiger partial charge in [0, 0.05) is 30.9 Å². The van der Waals surface area contributed by atoms with Crippen LogP contribution in [0.3, 0.4) is 0 Å². The molecule has 0 spiro atoms. The number of aldehydes is 1.